The van der Waals surface area contributed by atoms with Gasteiger partial charge >= 0.3 is 5.69 Å². The van der Waals surface area contributed by atoms with E-state index in [0.29, 0.717) is 18.8 Å². The molecular formula is C13H18N4O3. The van der Waals surface area contributed by atoms with E-state index in [4.69, 9.17) is 10.2 Å². The third-order valence-electron chi connectivity index (χ3n) is 2.92. The number of nitrogens with zero attached hydrogens (tertiary/aromatic N) is 1. The summed E-state index contributed by atoms with van der Waals surface area (Å²) < 4.78 is 6.75. The molecule has 7 nitrogen and oxygen atoms in total. The van der Waals surface area contributed by atoms with E-state index in [1.807, 2.05) is 26.0 Å². The Bertz CT molecular complexity index is 711. The van der Waals surface area contributed by atoms with Gasteiger partial charge in [-0.1, -0.05) is 6.92 Å². The number of nitrogen functional groups attached to an aromatic ring is 1. The summed E-state index contributed by atoms with van der Waals surface area (Å²) in [6, 6.07) is 3.65. The number of nitrogens with two attached hydrogens (primary N) is 1. The minimum absolute atomic E-state index is 0.142. The molecule has 108 valence electrons. The van der Waals surface area contributed by atoms with Gasteiger partial charge in [0, 0.05) is 6.54 Å². The Kier molecular flexibility index (Phi) is 3.97. The van der Waals surface area contributed by atoms with E-state index in [1.54, 1.807) is 0 Å². The minimum atomic E-state index is -0.525. The molecule has 0 fully saturated rings. The fourth-order valence-electron chi connectivity index (χ4n) is 1.96. The van der Waals surface area contributed by atoms with Crippen LogP contribution in [0.15, 0.2) is 26.1 Å². The standard InChI is InChI=1S/C13H18N4O3/c1-3-6-17-11(14)10(12(18)16-13(17)19)15-7-9-5-4-8(2)20-9/h4-5,15H,3,6-7,14H2,1-2H3,(H,16,18,19). The minimum Gasteiger partial charge on any atom is -0.465 e. The average Bonchev–Trinajstić information content (AvgIpc) is 2.80. The molecule has 0 spiro atoms. The fraction of sp³-hybridized carbons (Fsp3) is 0.385. The van der Waals surface area contributed by atoms with Crippen LogP contribution in [-0.2, 0) is 13.1 Å². The smallest absolute Gasteiger partial charge is 0.330 e. The van der Waals surface area contributed by atoms with Crippen molar-refractivity contribution < 1.29 is 4.42 Å². The van der Waals surface area contributed by atoms with Gasteiger partial charge in [-0.15, -0.1) is 0 Å². The molecule has 0 atom stereocenters. The molecule has 0 aliphatic rings. The van der Waals surface area contributed by atoms with Crippen molar-refractivity contribution in [2.45, 2.75) is 33.4 Å². The van der Waals surface area contributed by atoms with Crippen molar-refractivity contribution in [1.82, 2.24) is 9.55 Å². The third-order valence-corrected chi connectivity index (χ3v) is 2.92. The number of anilines is 2. The highest BCUT2D eigenvalue weighted by atomic mass is 16.3. The zero-order chi connectivity index (χ0) is 14.7. The number of furan rings is 1. The monoisotopic (exact) mass is 278 g/mol. The van der Waals surface area contributed by atoms with E-state index in [9.17, 15) is 9.59 Å². The van der Waals surface area contributed by atoms with Gasteiger partial charge in [-0.25, -0.2) is 4.79 Å². The summed E-state index contributed by atoms with van der Waals surface area (Å²) in [4.78, 5) is 25.7. The van der Waals surface area contributed by atoms with E-state index in [-0.39, 0.29) is 11.5 Å². The van der Waals surface area contributed by atoms with Gasteiger partial charge in [-0.05, 0) is 25.5 Å². The molecule has 4 N–H and O–H groups in total. The van der Waals surface area contributed by atoms with Crippen LogP contribution in [0.4, 0.5) is 11.5 Å². The first kappa shape index (κ1) is 14.0. The molecule has 0 saturated heterocycles. The molecule has 2 heterocycles. The largest absolute Gasteiger partial charge is 0.465 e. The van der Waals surface area contributed by atoms with E-state index in [2.05, 4.69) is 10.3 Å². The van der Waals surface area contributed by atoms with Crippen LogP contribution in [0.1, 0.15) is 24.9 Å². The van der Waals surface area contributed by atoms with Gasteiger partial charge in [0.05, 0.1) is 6.54 Å². The number of aromatic amines is 1. The molecule has 0 saturated carbocycles. The lowest BCUT2D eigenvalue weighted by atomic mass is 10.3. The Balaban J connectivity index is 2.29. The molecule has 0 aliphatic heterocycles. The Labute approximate surface area is 115 Å². The van der Waals surface area contributed by atoms with Gasteiger partial charge < -0.3 is 15.5 Å². The van der Waals surface area contributed by atoms with Crippen molar-refractivity contribution in [3.63, 3.8) is 0 Å². The molecule has 0 aromatic carbocycles. The van der Waals surface area contributed by atoms with Gasteiger partial charge in [0.1, 0.15) is 23.0 Å². The summed E-state index contributed by atoms with van der Waals surface area (Å²) >= 11 is 0. The number of hydrogen-bond donors (Lipinski definition) is 3. The van der Waals surface area contributed by atoms with Crippen LogP contribution < -0.4 is 22.3 Å². The second-order valence-corrected chi connectivity index (χ2v) is 4.54. The molecule has 2 aromatic rings. The number of H-pyrrole nitrogens is 1. The van der Waals surface area contributed by atoms with Gasteiger partial charge in [-0.2, -0.15) is 0 Å². The maximum atomic E-state index is 11.8. The maximum absolute atomic E-state index is 11.8. The Morgan fingerprint density at radius 1 is 1.40 bits per heavy atom. The van der Waals surface area contributed by atoms with Crippen molar-refractivity contribution >= 4 is 11.5 Å². The van der Waals surface area contributed by atoms with Gasteiger partial charge in [-0.3, -0.25) is 14.3 Å². The lowest BCUT2D eigenvalue weighted by Gasteiger charge is -2.12. The van der Waals surface area contributed by atoms with Crippen molar-refractivity contribution in [2.24, 2.45) is 0 Å². The summed E-state index contributed by atoms with van der Waals surface area (Å²) in [5, 5.41) is 2.91. The topological polar surface area (TPSA) is 106 Å². The first-order valence-electron chi connectivity index (χ1n) is 6.44. The Morgan fingerprint density at radius 2 is 2.15 bits per heavy atom. The highest BCUT2D eigenvalue weighted by molar-refractivity contribution is 5.60. The van der Waals surface area contributed by atoms with Crippen LogP contribution in [0.2, 0.25) is 0 Å². The maximum Gasteiger partial charge on any atom is 0.330 e. The molecule has 20 heavy (non-hydrogen) atoms. The highest BCUT2D eigenvalue weighted by Crippen LogP contribution is 2.13. The highest BCUT2D eigenvalue weighted by Gasteiger charge is 2.12. The van der Waals surface area contributed by atoms with Gasteiger partial charge in [0.25, 0.3) is 5.56 Å². The van der Waals surface area contributed by atoms with Crippen molar-refractivity contribution in [3.05, 3.63) is 44.5 Å². The van der Waals surface area contributed by atoms with E-state index in [1.165, 1.54) is 4.57 Å². The predicted molar refractivity (Wildman–Crippen MR) is 76.8 cm³/mol. The van der Waals surface area contributed by atoms with Crippen LogP contribution in [0.5, 0.6) is 0 Å². The van der Waals surface area contributed by atoms with Crippen molar-refractivity contribution in [3.8, 4) is 0 Å². The van der Waals surface area contributed by atoms with Crippen molar-refractivity contribution in [2.75, 3.05) is 11.1 Å². The normalized spacial score (nSPS) is 10.7. The first-order chi connectivity index (χ1) is 9.52. The average molecular weight is 278 g/mol. The van der Waals surface area contributed by atoms with E-state index in [0.717, 1.165) is 12.2 Å². The number of aryl methyl sites for hydroxylation is 1. The zero-order valence-corrected chi connectivity index (χ0v) is 11.5. The van der Waals surface area contributed by atoms with Crippen LogP contribution in [0, 0.1) is 6.92 Å². The Hall–Kier alpha value is -2.44. The summed E-state index contributed by atoms with van der Waals surface area (Å²) in [6.45, 7) is 4.54. The van der Waals surface area contributed by atoms with Crippen LogP contribution >= 0.6 is 0 Å². The molecule has 0 aliphatic carbocycles. The lowest BCUT2D eigenvalue weighted by Crippen LogP contribution is -2.34. The molecular weight excluding hydrogens is 260 g/mol. The number of hydrogen-bond acceptors (Lipinski definition) is 5. The second-order valence-electron chi connectivity index (χ2n) is 4.54. The van der Waals surface area contributed by atoms with Crippen LogP contribution in [-0.4, -0.2) is 9.55 Å². The molecule has 0 radical (unpaired) electrons. The predicted octanol–water partition coefficient (Wildman–Crippen LogP) is 1.04. The molecule has 0 bridgehead atoms. The molecule has 7 heteroatoms. The van der Waals surface area contributed by atoms with Crippen LogP contribution in [0.3, 0.4) is 0 Å². The van der Waals surface area contributed by atoms with E-state index < -0.39 is 11.2 Å². The van der Waals surface area contributed by atoms with Gasteiger partial charge in [0.2, 0.25) is 0 Å². The summed E-state index contributed by atoms with van der Waals surface area (Å²) in [5.41, 5.74) is 5.06. The summed E-state index contributed by atoms with van der Waals surface area (Å²) in [7, 11) is 0. The SMILES string of the molecule is CCCn1c(N)c(NCc2ccc(C)o2)c(=O)[nH]c1=O. The zero-order valence-electron chi connectivity index (χ0n) is 11.5. The second kappa shape index (κ2) is 5.68. The Morgan fingerprint density at radius 3 is 2.75 bits per heavy atom. The van der Waals surface area contributed by atoms with E-state index >= 15 is 0 Å². The number of aromatic nitrogens is 2. The molecule has 2 rings (SSSR count). The van der Waals surface area contributed by atoms with Gasteiger partial charge in [0.15, 0.2) is 0 Å². The fourth-order valence-corrected chi connectivity index (χ4v) is 1.96. The third kappa shape index (κ3) is 2.76. The first-order valence-corrected chi connectivity index (χ1v) is 6.44. The number of nitrogens with one attached hydrogen (secondary N) is 2. The molecule has 2 aromatic heterocycles. The quantitative estimate of drug-likeness (QED) is 0.757. The molecule has 0 amide bonds. The van der Waals surface area contributed by atoms with Crippen molar-refractivity contribution in [1.29, 1.82) is 0 Å². The van der Waals surface area contributed by atoms with Crippen LogP contribution in [0.25, 0.3) is 0 Å². The summed E-state index contributed by atoms with van der Waals surface area (Å²) in [6.07, 6.45) is 0.743. The number of rotatable bonds is 5. The lowest BCUT2D eigenvalue weighted by molar-refractivity contribution is 0.490. The summed E-state index contributed by atoms with van der Waals surface area (Å²) in [5.74, 6) is 1.62. The molecule has 0 unspecified atom stereocenters.